The van der Waals surface area contributed by atoms with Crippen LogP contribution in [0.1, 0.15) is 22.3 Å². The van der Waals surface area contributed by atoms with Crippen molar-refractivity contribution in [3.05, 3.63) is 259 Å². The molecule has 3 heteroatoms. The van der Waals surface area contributed by atoms with E-state index in [-0.39, 0.29) is 0 Å². The van der Waals surface area contributed by atoms with Crippen molar-refractivity contribution in [1.82, 2.24) is 0 Å². The van der Waals surface area contributed by atoms with Gasteiger partial charge in [0.2, 0.25) is 0 Å². The molecule has 64 heavy (non-hydrogen) atoms. The molecule has 300 valence electrons. The Morgan fingerprint density at radius 3 is 1.70 bits per heavy atom. The highest BCUT2D eigenvalue weighted by Gasteiger charge is 2.47. The third-order valence-corrected chi connectivity index (χ3v) is 14.5. The summed E-state index contributed by atoms with van der Waals surface area (Å²) in [6, 6.07) is 86.6. The minimum Gasteiger partial charge on any atom is -0.456 e. The molecule has 0 unspecified atom stereocenters. The third kappa shape index (κ3) is 5.51. The maximum absolute atomic E-state index is 6.32. The van der Waals surface area contributed by atoms with Crippen LogP contribution >= 0.6 is 11.3 Å². The van der Waals surface area contributed by atoms with E-state index < -0.39 is 5.41 Å². The second-order valence-electron chi connectivity index (χ2n) is 16.7. The lowest BCUT2D eigenvalue weighted by Gasteiger charge is -2.34. The van der Waals surface area contributed by atoms with Crippen molar-refractivity contribution >= 4 is 70.5 Å². The summed E-state index contributed by atoms with van der Waals surface area (Å²) in [5.41, 5.74) is 16.9. The maximum atomic E-state index is 6.32. The van der Waals surface area contributed by atoms with Crippen molar-refractivity contribution in [3.8, 4) is 33.4 Å². The van der Waals surface area contributed by atoms with Gasteiger partial charge in [0, 0.05) is 47.9 Å². The van der Waals surface area contributed by atoms with Crippen molar-refractivity contribution in [2.24, 2.45) is 0 Å². The quantitative estimate of drug-likeness (QED) is 0.159. The number of furan rings is 1. The van der Waals surface area contributed by atoms with Gasteiger partial charge in [-0.3, -0.25) is 0 Å². The average Bonchev–Trinajstić information content (AvgIpc) is 4.04. The molecule has 2 nitrogen and oxygen atoms in total. The predicted molar refractivity (Wildman–Crippen MR) is 269 cm³/mol. The van der Waals surface area contributed by atoms with Crippen LogP contribution in [0.3, 0.4) is 0 Å². The van der Waals surface area contributed by atoms with E-state index in [1.165, 1.54) is 64.7 Å². The smallest absolute Gasteiger partial charge is 0.136 e. The van der Waals surface area contributed by atoms with Crippen molar-refractivity contribution in [2.75, 3.05) is 4.90 Å². The Balaban J connectivity index is 1.01. The van der Waals surface area contributed by atoms with Crippen LogP contribution in [0.2, 0.25) is 0 Å². The molecule has 0 fully saturated rings. The van der Waals surface area contributed by atoms with Gasteiger partial charge in [-0.15, -0.1) is 11.3 Å². The second-order valence-corrected chi connectivity index (χ2v) is 17.8. The molecule has 1 aliphatic carbocycles. The van der Waals surface area contributed by atoms with Gasteiger partial charge in [-0.25, -0.2) is 0 Å². The van der Waals surface area contributed by atoms with E-state index in [4.69, 9.17) is 4.42 Å². The van der Waals surface area contributed by atoms with Crippen LogP contribution in [-0.4, -0.2) is 0 Å². The predicted octanol–water partition coefficient (Wildman–Crippen LogP) is 17.1. The molecule has 0 saturated heterocycles. The number of rotatable bonds is 7. The van der Waals surface area contributed by atoms with E-state index in [2.05, 4.69) is 229 Å². The molecule has 0 spiro atoms. The summed E-state index contributed by atoms with van der Waals surface area (Å²) in [6.45, 7) is 0. The molecule has 12 aromatic rings. The number of fused-ring (bicyclic) bond motifs is 9. The van der Waals surface area contributed by atoms with Gasteiger partial charge in [0.15, 0.2) is 0 Å². The summed E-state index contributed by atoms with van der Waals surface area (Å²) in [5.74, 6) is 0. The molecule has 0 radical (unpaired) electrons. The number of nitrogens with zero attached hydrogens (tertiary/aromatic N) is 1. The lowest BCUT2D eigenvalue weighted by Crippen LogP contribution is -2.28. The zero-order chi connectivity index (χ0) is 42.2. The summed E-state index contributed by atoms with van der Waals surface area (Å²) in [7, 11) is 0. The first-order valence-corrected chi connectivity index (χ1v) is 22.7. The number of anilines is 3. The summed E-state index contributed by atoms with van der Waals surface area (Å²) < 4.78 is 8.94. The standard InChI is InChI=1S/C61H39NOS/c1-3-15-43(16-4-1)61(44-17-5-2-6-18-44)52-23-10-7-20-50(52)60-53(61)24-14-25-54(60)62(45-34-29-40(30-35-45)42-33-38-49-48-19-8-11-26-55(48)63-56(49)39-42)46-36-31-41(32-37-46)47-22-13-28-58-59(47)51-21-9-12-27-57(51)64-58/h1-39H. The van der Waals surface area contributed by atoms with Gasteiger partial charge >= 0.3 is 0 Å². The van der Waals surface area contributed by atoms with Crippen LogP contribution in [0.5, 0.6) is 0 Å². The van der Waals surface area contributed by atoms with Gasteiger partial charge in [-0.2, -0.15) is 0 Å². The summed E-state index contributed by atoms with van der Waals surface area (Å²) in [6.07, 6.45) is 0. The molecular formula is C61H39NOS. The Bertz CT molecular complexity index is 3670. The first kappa shape index (κ1) is 36.7. The van der Waals surface area contributed by atoms with Gasteiger partial charge in [-0.1, -0.05) is 176 Å². The average molecular weight is 834 g/mol. The molecule has 0 saturated carbocycles. The Morgan fingerprint density at radius 2 is 0.938 bits per heavy atom. The molecule has 0 N–H and O–H groups in total. The molecule has 0 atom stereocenters. The van der Waals surface area contributed by atoms with Crippen LogP contribution < -0.4 is 4.90 Å². The van der Waals surface area contributed by atoms with Gasteiger partial charge in [0.25, 0.3) is 0 Å². The van der Waals surface area contributed by atoms with Crippen LogP contribution in [0.25, 0.3) is 75.5 Å². The van der Waals surface area contributed by atoms with Crippen LogP contribution in [-0.2, 0) is 5.41 Å². The largest absolute Gasteiger partial charge is 0.456 e. The molecule has 0 aliphatic heterocycles. The normalized spacial score (nSPS) is 12.8. The lowest BCUT2D eigenvalue weighted by molar-refractivity contribution is 0.669. The number of hydrogen-bond acceptors (Lipinski definition) is 3. The van der Waals surface area contributed by atoms with Gasteiger partial charge in [0.1, 0.15) is 11.2 Å². The van der Waals surface area contributed by atoms with Crippen LogP contribution in [0, 0.1) is 0 Å². The Hall–Kier alpha value is -7.98. The highest BCUT2D eigenvalue weighted by atomic mass is 32.1. The molecule has 1 aliphatic rings. The summed E-state index contributed by atoms with van der Waals surface area (Å²) >= 11 is 1.86. The van der Waals surface area contributed by atoms with Gasteiger partial charge in [0.05, 0.1) is 11.1 Å². The topological polar surface area (TPSA) is 16.4 Å². The monoisotopic (exact) mass is 833 g/mol. The summed E-state index contributed by atoms with van der Waals surface area (Å²) in [5, 5.41) is 4.90. The number of hydrogen-bond donors (Lipinski definition) is 0. The fourth-order valence-electron chi connectivity index (χ4n) is 10.6. The number of para-hydroxylation sites is 1. The molecule has 0 amide bonds. The zero-order valence-corrected chi connectivity index (χ0v) is 35.6. The zero-order valence-electron chi connectivity index (χ0n) is 34.8. The first-order chi connectivity index (χ1) is 31.7. The number of benzene rings is 10. The second kappa shape index (κ2) is 14.6. The third-order valence-electron chi connectivity index (χ3n) is 13.4. The highest BCUT2D eigenvalue weighted by molar-refractivity contribution is 7.25. The van der Waals surface area contributed by atoms with E-state index in [9.17, 15) is 0 Å². The minimum absolute atomic E-state index is 0.513. The SMILES string of the molecule is c1ccc(C2(c3ccccc3)c3ccccc3-c3c(N(c4ccc(-c5ccc6c(c5)oc5ccccc56)cc4)c4ccc(-c5cccc6sc7ccccc7c56)cc4)cccc32)cc1. The number of thiophene rings is 1. The van der Waals surface area contributed by atoms with E-state index in [0.717, 1.165) is 50.1 Å². The highest BCUT2D eigenvalue weighted by Crippen LogP contribution is 2.59. The Kier molecular flexibility index (Phi) is 8.34. The lowest BCUT2D eigenvalue weighted by atomic mass is 9.68. The Morgan fingerprint density at radius 1 is 0.375 bits per heavy atom. The molecule has 0 bridgehead atoms. The molecule has 2 aromatic heterocycles. The van der Waals surface area contributed by atoms with Crippen molar-refractivity contribution in [3.63, 3.8) is 0 Å². The molecule has 13 rings (SSSR count). The van der Waals surface area contributed by atoms with Crippen molar-refractivity contribution < 1.29 is 4.42 Å². The van der Waals surface area contributed by atoms with E-state index in [1.807, 2.05) is 23.5 Å². The fourth-order valence-corrected chi connectivity index (χ4v) is 11.7. The molecular weight excluding hydrogens is 795 g/mol. The summed E-state index contributed by atoms with van der Waals surface area (Å²) in [4.78, 5) is 2.46. The Labute approximate surface area is 375 Å². The van der Waals surface area contributed by atoms with Crippen molar-refractivity contribution in [1.29, 1.82) is 0 Å². The van der Waals surface area contributed by atoms with E-state index in [0.29, 0.717) is 0 Å². The fraction of sp³-hybridized carbons (Fsp3) is 0.0164. The van der Waals surface area contributed by atoms with Gasteiger partial charge in [-0.05, 0) is 111 Å². The molecule has 10 aromatic carbocycles. The first-order valence-electron chi connectivity index (χ1n) is 21.9. The van der Waals surface area contributed by atoms with E-state index in [1.54, 1.807) is 0 Å². The van der Waals surface area contributed by atoms with Crippen LogP contribution in [0.15, 0.2) is 241 Å². The van der Waals surface area contributed by atoms with Gasteiger partial charge < -0.3 is 9.32 Å². The maximum Gasteiger partial charge on any atom is 0.136 e. The van der Waals surface area contributed by atoms with Crippen LogP contribution in [0.4, 0.5) is 17.1 Å². The molecule has 2 heterocycles. The van der Waals surface area contributed by atoms with E-state index >= 15 is 0 Å². The van der Waals surface area contributed by atoms with Crippen molar-refractivity contribution in [2.45, 2.75) is 5.41 Å². The minimum atomic E-state index is -0.513.